The molecule has 0 unspecified atom stereocenters. The van der Waals surface area contributed by atoms with Gasteiger partial charge in [0.2, 0.25) is 0 Å². The highest BCUT2D eigenvalue weighted by Gasteiger charge is 2.30. The number of para-hydroxylation sites is 1. The van der Waals surface area contributed by atoms with E-state index >= 15 is 0 Å². The van der Waals surface area contributed by atoms with Crippen LogP contribution in [0, 0.1) is 13.8 Å². The molecule has 0 fully saturated rings. The summed E-state index contributed by atoms with van der Waals surface area (Å²) in [5.74, 6) is 0.0578. The quantitative estimate of drug-likeness (QED) is 0.464. The zero-order valence-corrected chi connectivity index (χ0v) is 16.0. The average Bonchev–Trinajstić information content (AvgIpc) is 3.04. The summed E-state index contributed by atoms with van der Waals surface area (Å²) < 4.78 is 44.3. The van der Waals surface area contributed by atoms with Crippen molar-refractivity contribution in [3.8, 4) is 11.3 Å². The Labute approximate surface area is 169 Å². The van der Waals surface area contributed by atoms with Crippen molar-refractivity contribution in [3.05, 3.63) is 77.2 Å². The van der Waals surface area contributed by atoms with Gasteiger partial charge in [-0.05, 0) is 38.1 Å². The molecule has 0 atom stereocenters. The molecule has 0 saturated heterocycles. The van der Waals surface area contributed by atoms with Crippen LogP contribution in [-0.2, 0) is 6.18 Å². The summed E-state index contributed by atoms with van der Waals surface area (Å²) in [6.45, 7) is 3.39. The Hall–Kier alpha value is -3.68. The molecule has 2 aromatic heterocycles. The number of nitrogens with one attached hydrogen (secondary N) is 1. The molecule has 0 bridgehead atoms. The number of hydrogen-bond donors (Lipinski definition) is 1. The highest BCUT2D eigenvalue weighted by molar-refractivity contribution is 6.12. The second kappa shape index (κ2) is 7.29. The van der Waals surface area contributed by atoms with Gasteiger partial charge in [0.1, 0.15) is 11.4 Å². The third kappa shape index (κ3) is 3.63. The topological polar surface area (TPSA) is 68.0 Å². The summed E-state index contributed by atoms with van der Waals surface area (Å²) in [7, 11) is 0. The van der Waals surface area contributed by atoms with Crippen LogP contribution in [0.4, 0.5) is 18.9 Å². The maximum Gasteiger partial charge on any atom is 0.416 e. The number of anilines is 1. The fourth-order valence-electron chi connectivity index (χ4n) is 3.19. The van der Waals surface area contributed by atoms with E-state index in [1.807, 2.05) is 0 Å². The molecule has 0 aliphatic rings. The van der Waals surface area contributed by atoms with Gasteiger partial charge in [-0.3, -0.25) is 4.79 Å². The Bertz CT molecular complexity index is 1240. The number of halogens is 3. The lowest BCUT2D eigenvalue weighted by Crippen LogP contribution is -2.14. The highest BCUT2D eigenvalue weighted by atomic mass is 19.4. The summed E-state index contributed by atoms with van der Waals surface area (Å²) in [4.78, 5) is 17.4. The first kappa shape index (κ1) is 19.6. The number of fused-ring (bicyclic) bond motifs is 1. The van der Waals surface area contributed by atoms with E-state index in [9.17, 15) is 18.0 Å². The zero-order valence-electron chi connectivity index (χ0n) is 16.0. The van der Waals surface area contributed by atoms with Gasteiger partial charge in [0.25, 0.3) is 5.91 Å². The van der Waals surface area contributed by atoms with E-state index in [0.717, 1.165) is 12.1 Å². The molecule has 4 aromatic rings. The first-order chi connectivity index (χ1) is 14.2. The Morgan fingerprint density at radius 3 is 2.50 bits per heavy atom. The van der Waals surface area contributed by atoms with E-state index in [0.29, 0.717) is 44.9 Å². The number of aryl methyl sites for hydroxylation is 2. The summed E-state index contributed by atoms with van der Waals surface area (Å²) >= 11 is 0. The molecule has 8 heteroatoms. The normalized spacial score (nSPS) is 11.6. The first-order valence-electron chi connectivity index (χ1n) is 9.05. The number of amides is 1. The van der Waals surface area contributed by atoms with Gasteiger partial charge in [-0.1, -0.05) is 35.5 Å². The second-order valence-corrected chi connectivity index (χ2v) is 6.81. The number of nitrogens with zero attached hydrogens (tertiary/aromatic N) is 2. The molecular weight excluding hydrogens is 395 g/mol. The van der Waals surface area contributed by atoms with Gasteiger partial charge < -0.3 is 9.84 Å². The molecule has 0 aliphatic heterocycles. The molecule has 0 spiro atoms. The maximum atomic E-state index is 13.1. The largest absolute Gasteiger partial charge is 0.416 e. The molecule has 152 valence electrons. The van der Waals surface area contributed by atoms with Gasteiger partial charge in [0.05, 0.1) is 22.3 Å². The van der Waals surface area contributed by atoms with E-state index in [1.165, 1.54) is 6.07 Å². The Kier molecular flexibility index (Phi) is 4.77. The van der Waals surface area contributed by atoms with Gasteiger partial charge in [0, 0.05) is 10.9 Å². The summed E-state index contributed by atoms with van der Waals surface area (Å²) in [6.07, 6.45) is -4.45. The van der Waals surface area contributed by atoms with Gasteiger partial charge in [-0.2, -0.15) is 13.2 Å². The molecule has 5 nitrogen and oxygen atoms in total. The molecule has 2 heterocycles. The van der Waals surface area contributed by atoms with Crippen LogP contribution in [0.2, 0.25) is 0 Å². The molecule has 0 radical (unpaired) electrons. The minimum Gasteiger partial charge on any atom is -0.359 e. The van der Waals surface area contributed by atoms with Crippen molar-refractivity contribution in [2.75, 3.05) is 5.32 Å². The third-order valence-corrected chi connectivity index (χ3v) is 4.72. The van der Waals surface area contributed by atoms with Crippen LogP contribution >= 0.6 is 0 Å². The van der Waals surface area contributed by atoms with E-state index in [2.05, 4.69) is 15.5 Å². The van der Waals surface area contributed by atoms with Crippen molar-refractivity contribution in [3.63, 3.8) is 0 Å². The number of aromatic nitrogens is 2. The maximum absolute atomic E-state index is 13.1. The van der Waals surface area contributed by atoms with E-state index < -0.39 is 17.6 Å². The minimum absolute atomic E-state index is 0.293. The predicted molar refractivity (Wildman–Crippen MR) is 106 cm³/mol. The van der Waals surface area contributed by atoms with Crippen LogP contribution in [0.1, 0.15) is 27.4 Å². The Balaban J connectivity index is 1.77. The molecule has 30 heavy (non-hydrogen) atoms. The van der Waals surface area contributed by atoms with Crippen LogP contribution in [0.3, 0.4) is 0 Å². The number of hydrogen-bond acceptors (Lipinski definition) is 4. The zero-order chi connectivity index (χ0) is 21.5. The molecule has 2 aromatic carbocycles. The van der Waals surface area contributed by atoms with Crippen LogP contribution < -0.4 is 5.32 Å². The van der Waals surface area contributed by atoms with Crippen LogP contribution in [0.25, 0.3) is 22.2 Å². The van der Waals surface area contributed by atoms with Gasteiger partial charge in [0.15, 0.2) is 5.76 Å². The minimum atomic E-state index is -4.45. The number of carbonyl (C=O) groups excluding carboxylic acids is 1. The number of alkyl halides is 3. The molecule has 1 amide bonds. The highest BCUT2D eigenvalue weighted by Crippen LogP contribution is 2.32. The van der Waals surface area contributed by atoms with Crippen molar-refractivity contribution in [2.45, 2.75) is 20.0 Å². The summed E-state index contributed by atoms with van der Waals surface area (Å²) in [5.41, 5.74) is 1.59. The van der Waals surface area contributed by atoms with Crippen molar-refractivity contribution < 1.29 is 22.5 Å². The smallest absolute Gasteiger partial charge is 0.359 e. The lowest BCUT2D eigenvalue weighted by molar-refractivity contribution is -0.137. The molecule has 4 rings (SSSR count). The Morgan fingerprint density at radius 2 is 1.80 bits per heavy atom. The van der Waals surface area contributed by atoms with Gasteiger partial charge >= 0.3 is 6.18 Å². The number of rotatable bonds is 3. The summed E-state index contributed by atoms with van der Waals surface area (Å²) in [6, 6.07) is 13.4. The average molecular weight is 411 g/mol. The predicted octanol–water partition coefficient (Wildman–Crippen LogP) is 5.78. The number of pyridine rings is 1. The lowest BCUT2D eigenvalue weighted by Gasteiger charge is -2.11. The second-order valence-electron chi connectivity index (χ2n) is 6.81. The standard InChI is InChI=1S/C22H16F3N3O2/c1-12-19(13(2)30-28-12)27-21(29)17-8-4-5-14-9-10-18(26-20(14)17)15-6-3-7-16(11-15)22(23,24)25/h3-11H,1-2H3,(H,27,29). The van der Waals surface area contributed by atoms with Crippen molar-refractivity contribution >= 4 is 22.5 Å². The number of benzene rings is 2. The summed E-state index contributed by atoms with van der Waals surface area (Å²) in [5, 5.41) is 7.27. The molecule has 0 saturated carbocycles. The van der Waals surface area contributed by atoms with Crippen LogP contribution in [-0.4, -0.2) is 16.0 Å². The first-order valence-corrected chi connectivity index (χ1v) is 9.05. The van der Waals surface area contributed by atoms with E-state index in [1.54, 1.807) is 50.2 Å². The van der Waals surface area contributed by atoms with Crippen LogP contribution in [0.5, 0.6) is 0 Å². The van der Waals surface area contributed by atoms with Crippen LogP contribution in [0.15, 0.2) is 59.1 Å². The van der Waals surface area contributed by atoms with E-state index in [4.69, 9.17) is 4.52 Å². The number of carbonyl (C=O) groups is 1. The lowest BCUT2D eigenvalue weighted by atomic mass is 10.0. The van der Waals surface area contributed by atoms with Gasteiger partial charge in [-0.15, -0.1) is 0 Å². The SMILES string of the molecule is Cc1noc(C)c1NC(=O)c1cccc2ccc(-c3cccc(C(F)(F)F)c3)nc12. The monoisotopic (exact) mass is 411 g/mol. The van der Waals surface area contributed by atoms with Crippen molar-refractivity contribution in [1.29, 1.82) is 0 Å². The molecule has 1 N–H and O–H groups in total. The molecular formula is C22H16F3N3O2. The fourth-order valence-corrected chi connectivity index (χ4v) is 3.19. The van der Waals surface area contributed by atoms with Crippen molar-refractivity contribution in [1.82, 2.24) is 10.1 Å². The van der Waals surface area contributed by atoms with Crippen molar-refractivity contribution in [2.24, 2.45) is 0 Å². The third-order valence-electron chi connectivity index (χ3n) is 4.72. The molecule has 0 aliphatic carbocycles. The fraction of sp³-hybridized carbons (Fsp3) is 0.136. The van der Waals surface area contributed by atoms with Gasteiger partial charge in [-0.25, -0.2) is 4.98 Å². The van der Waals surface area contributed by atoms with E-state index in [-0.39, 0.29) is 0 Å². The Morgan fingerprint density at radius 1 is 1.03 bits per heavy atom.